The van der Waals surface area contributed by atoms with Crippen LogP contribution in [-0.4, -0.2) is 12.6 Å². The standard InChI is InChI=1S/C14H25NOS/c1-5-12(15)13(11-6-9-17-10-11)16-8-7-14(2,3)4/h6,9-10,12-13H,5,7-8,15H2,1-4H3. The van der Waals surface area contributed by atoms with Crippen molar-refractivity contribution in [3.63, 3.8) is 0 Å². The highest BCUT2D eigenvalue weighted by Crippen LogP contribution is 2.26. The van der Waals surface area contributed by atoms with Crippen molar-refractivity contribution in [3.8, 4) is 0 Å². The van der Waals surface area contributed by atoms with Crippen LogP contribution < -0.4 is 5.73 Å². The lowest BCUT2D eigenvalue weighted by Gasteiger charge is -2.25. The zero-order valence-electron chi connectivity index (χ0n) is 11.4. The van der Waals surface area contributed by atoms with Gasteiger partial charge in [-0.05, 0) is 40.6 Å². The first kappa shape index (κ1) is 14.7. The van der Waals surface area contributed by atoms with Crippen molar-refractivity contribution in [3.05, 3.63) is 22.4 Å². The maximum absolute atomic E-state index is 6.14. The van der Waals surface area contributed by atoms with Gasteiger partial charge in [-0.15, -0.1) is 0 Å². The predicted octanol–water partition coefficient (Wildman–Crippen LogP) is 3.98. The molecule has 0 spiro atoms. The van der Waals surface area contributed by atoms with Crippen LogP contribution in [-0.2, 0) is 4.74 Å². The van der Waals surface area contributed by atoms with E-state index in [4.69, 9.17) is 10.5 Å². The van der Waals surface area contributed by atoms with E-state index in [1.165, 1.54) is 5.56 Å². The summed E-state index contributed by atoms with van der Waals surface area (Å²) in [7, 11) is 0. The van der Waals surface area contributed by atoms with Gasteiger partial charge in [0.2, 0.25) is 0 Å². The minimum atomic E-state index is 0.0496. The lowest BCUT2D eigenvalue weighted by Crippen LogP contribution is -2.30. The first-order valence-corrected chi connectivity index (χ1v) is 7.27. The highest BCUT2D eigenvalue weighted by molar-refractivity contribution is 7.07. The van der Waals surface area contributed by atoms with Crippen LogP contribution in [0.25, 0.3) is 0 Å². The molecule has 0 saturated carbocycles. The molecule has 0 aliphatic carbocycles. The Bertz CT molecular complexity index is 303. The van der Waals surface area contributed by atoms with Crippen molar-refractivity contribution < 1.29 is 4.74 Å². The normalized spacial score (nSPS) is 15.8. The van der Waals surface area contributed by atoms with Crippen LogP contribution in [0.2, 0.25) is 0 Å². The van der Waals surface area contributed by atoms with Crippen LogP contribution in [0.15, 0.2) is 16.8 Å². The molecule has 2 unspecified atom stereocenters. The van der Waals surface area contributed by atoms with E-state index < -0.39 is 0 Å². The SMILES string of the molecule is CCC(N)C(OCCC(C)(C)C)c1ccsc1. The fourth-order valence-corrected chi connectivity index (χ4v) is 2.29. The van der Waals surface area contributed by atoms with Gasteiger partial charge in [0.25, 0.3) is 0 Å². The molecule has 2 atom stereocenters. The van der Waals surface area contributed by atoms with Crippen molar-refractivity contribution in [1.29, 1.82) is 0 Å². The number of hydrogen-bond acceptors (Lipinski definition) is 3. The molecule has 0 radical (unpaired) electrons. The molecule has 0 amide bonds. The first-order valence-electron chi connectivity index (χ1n) is 6.33. The minimum Gasteiger partial charge on any atom is -0.372 e. The third kappa shape index (κ3) is 5.19. The highest BCUT2D eigenvalue weighted by atomic mass is 32.1. The van der Waals surface area contributed by atoms with Gasteiger partial charge in [-0.2, -0.15) is 11.3 Å². The monoisotopic (exact) mass is 255 g/mol. The van der Waals surface area contributed by atoms with E-state index in [2.05, 4.69) is 44.5 Å². The molecule has 3 heteroatoms. The number of hydrogen-bond donors (Lipinski definition) is 1. The van der Waals surface area contributed by atoms with E-state index in [-0.39, 0.29) is 12.1 Å². The molecule has 17 heavy (non-hydrogen) atoms. The molecule has 1 heterocycles. The molecule has 2 N–H and O–H groups in total. The molecule has 0 aromatic carbocycles. The summed E-state index contributed by atoms with van der Waals surface area (Å²) in [5.41, 5.74) is 7.67. The topological polar surface area (TPSA) is 35.2 Å². The fourth-order valence-electron chi connectivity index (χ4n) is 1.61. The Morgan fingerprint density at radius 1 is 1.41 bits per heavy atom. The summed E-state index contributed by atoms with van der Waals surface area (Å²) >= 11 is 1.70. The lowest BCUT2D eigenvalue weighted by molar-refractivity contribution is 0.0201. The van der Waals surface area contributed by atoms with Crippen LogP contribution in [0, 0.1) is 5.41 Å². The molecule has 0 bridgehead atoms. The summed E-state index contributed by atoms with van der Waals surface area (Å²) in [6.07, 6.45) is 2.05. The van der Waals surface area contributed by atoms with Crippen molar-refractivity contribution in [2.45, 2.75) is 52.7 Å². The summed E-state index contributed by atoms with van der Waals surface area (Å²) in [5.74, 6) is 0. The predicted molar refractivity (Wildman–Crippen MR) is 75.4 cm³/mol. The van der Waals surface area contributed by atoms with E-state index in [1.807, 2.05) is 0 Å². The van der Waals surface area contributed by atoms with Gasteiger partial charge in [0, 0.05) is 12.6 Å². The Hall–Kier alpha value is -0.380. The molecule has 2 nitrogen and oxygen atoms in total. The maximum atomic E-state index is 6.14. The van der Waals surface area contributed by atoms with Crippen LogP contribution in [0.5, 0.6) is 0 Å². The second-order valence-corrected chi connectivity index (χ2v) is 6.51. The third-order valence-electron chi connectivity index (χ3n) is 2.88. The second-order valence-electron chi connectivity index (χ2n) is 5.73. The Kier molecular flexibility index (Phi) is 5.63. The van der Waals surface area contributed by atoms with Crippen LogP contribution in [0.4, 0.5) is 0 Å². The smallest absolute Gasteiger partial charge is 0.0983 e. The molecule has 1 aromatic heterocycles. The average Bonchev–Trinajstić information content (AvgIpc) is 2.75. The number of nitrogens with two attached hydrogens (primary N) is 1. The van der Waals surface area contributed by atoms with Gasteiger partial charge in [-0.3, -0.25) is 0 Å². The quantitative estimate of drug-likeness (QED) is 0.834. The van der Waals surface area contributed by atoms with Gasteiger partial charge in [0.1, 0.15) is 0 Å². The molecule has 1 aromatic rings. The summed E-state index contributed by atoms with van der Waals surface area (Å²) in [5, 5.41) is 4.22. The second kappa shape index (κ2) is 6.53. The Balaban J connectivity index is 2.54. The maximum Gasteiger partial charge on any atom is 0.0983 e. The van der Waals surface area contributed by atoms with Crippen molar-refractivity contribution in [1.82, 2.24) is 0 Å². The van der Waals surface area contributed by atoms with Crippen molar-refractivity contribution in [2.24, 2.45) is 11.1 Å². The molecule has 0 saturated heterocycles. The van der Waals surface area contributed by atoms with E-state index in [0.29, 0.717) is 5.41 Å². The van der Waals surface area contributed by atoms with E-state index in [0.717, 1.165) is 19.4 Å². The number of rotatable bonds is 6. The van der Waals surface area contributed by atoms with Crippen LogP contribution in [0.1, 0.15) is 52.2 Å². The van der Waals surface area contributed by atoms with Gasteiger partial charge in [-0.25, -0.2) is 0 Å². The summed E-state index contributed by atoms with van der Waals surface area (Å²) in [6, 6.07) is 2.20. The van der Waals surface area contributed by atoms with E-state index >= 15 is 0 Å². The zero-order valence-corrected chi connectivity index (χ0v) is 12.2. The van der Waals surface area contributed by atoms with Gasteiger partial charge in [0.05, 0.1) is 6.10 Å². The van der Waals surface area contributed by atoms with Crippen molar-refractivity contribution in [2.75, 3.05) is 6.61 Å². The number of ether oxygens (including phenoxy) is 1. The molecule has 0 aliphatic rings. The van der Waals surface area contributed by atoms with Gasteiger partial charge >= 0.3 is 0 Å². The van der Waals surface area contributed by atoms with Crippen LogP contribution in [0.3, 0.4) is 0 Å². The summed E-state index contributed by atoms with van der Waals surface area (Å²) in [6.45, 7) is 9.58. The van der Waals surface area contributed by atoms with E-state index in [9.17, 15) is 0 Å². The summed E-state index contributed by atoms with van der Waals surface area (Å²) < 4.78 is 6.00. The molecule has 98 valence electrons. The molecule has 0 fully saturated rings. The minimum absolute atomic E-state index is 0.0496. The van der Waals surface area contributed by atoms with Crippen molar-refractivity contribution >= 4 is 11.3 Å². The Labute approximate surface area is 109 Å². The zero-order chi connectivity index (χ0) is 12.9. The first-order chi connectivity index (χ1) is 7.94. The van der Waals surface area contributed by atoms with E-state index in [1.54, 1.807) is 11.3 Å². The van der Waals surface area contributed by atoms with Gasteiger partial charge in [-0.1, -0.05) is 27.7 Å². The number of thiophene rings is 1. The molecule has 0 aliphatic heterocycles. The van der Waals surface area contributed by atoms with Crippen LogP contribution >= 0.6 is 11.3 Å². The molecular weight excluding hydrogens is 230 g/mol. The molecular formula is C14H25NOS. The largest absolute Gasteiger partial charge is 0.372 e. The van der Waals surface area contributed by atoms with Gasteiger partial charge in [0.15, 0.2) is 0 Å². The Morgan fingerprint density at radius 2 is 2.12 bits per heavy atom. The lowest BCUT2D eigenvalue weighted by atomic mass is 9.93. The molecule has 1 rings (SSSR count). The average molecular weight is 255 g/mol. The highest BCUT2D eigenvalue weighted by Gasteiger charge is 2.20. The fraction of sp³-hybridized carbons (Fsp3) is 0.714. The third-order valence-corrected chi connectivity index (χ3v) is 3.58. The summed E-state index contributed by atoms with van der Waals surface area (Å²) in [4.78, 5) is 0. The van der Waals surface area contributed by atoms with Gasteiger partial charge < -0.3 is 10.5 Å². The Morgan fingerprint density at radius 3 is 2.59 bits per heavy atom.